The SMILES string of the molecule is CC(=N)[C@H](C#N)C(=O)CSc1nc2ccccc2c(=O)n1[C@@H]1CCC[C@@H](C)[C@H]1C. The lowest BCUT2D eigenvalue weighted by atomic mass is 9.78. The molecular formula is C22H26N4O2S. The van der Waals surface area contributed by atoms with Gasteiger partial charge in [0.1, 0.15) is 5.92 Å². The minimum Gasteiger partial charge on any atom is -0.308 e. The molecule has 0 radical (unpaired) electrons. The fourth-order valence-electron chi connectivity index (χ4n) is 4.07. The van der Waals surface area contributed by atoms with E-state index in [1.165, 1.54) is 18.7 Å². The van der Waals surface area contributed by atoms with E-state index in [-0.39, 0.29) is 28.8 Å². The molecule has 1 aliphatic rings. The quantitative estimate of drug-likeness (QED) is 0.436. The number of para-hydroxylation sites is 1. The normalized spacial score (nSPS) is 22.8. The first-order valence-electron chi connectivity index (χ1n) is 9.96. The molecule has 0 bridgehead atoms. The van der Waals surface area contributed by atoms with Gasteiger partial charge in [0.25, 0.3) is 5.56 Å². The van der Waals surface area contributed by atoms with Crippen LogP contribution in [0.2, 0.25) is 0 Å². The molecule has 152 valence electrons. The molecule has 3 rings (SSSR count). The smallest absolute Gasteiger partial charge is 0.262 e. The van der Waals surface area contributed by atoms with Crippen molar-refractivity contribution in [2.75, 3.05) is 5.75 Å². The van der Waals surface area contributed by atoms with Crippen molar-refractivity contribution in [1.82, 2.24) is 9.55 Å². The van der Waals surface area contributed by atoms with Gasteiger partial charge in [0.15, 0.2) is 10.9 Å². The van der Waals surface area contributed by atoms with E-state index < -0.39 is 5.92 Å². The molecule has 0 aliphatic heterocycles. The van der Waals surface area contributed by atoms with Gasteiger partial charge in [-0.25, -0.2) is 4.98 Å². The molecule has 1 heterocycles. The zero-order valence-electron chi connectivity index (χ0n) is 17.0. The number of hydrogen-bond acceptors (Lipinski definition) is 6. The fourth-order valence-corrected chi connectivity index (χ4v) is 5.03. The largest absolute Gasteiger partial charge is 0.308 e. The van der Waals surface area contributed by atoms with Gasteiger partial charge >= 0.3 is 0 Å². The number of Topliss-reactive ketones (excluding diaryl/α,β-unsaturated/α-hetero) is 1. The van der Waals surface area contributed by atoms with Gasteiger partial charge in [-0.05, 0) is 37.3 Å². The Bertz CT molecular complexity index is 1040. The summed E-state index contributed by atoms with van der Waals surface area (Å²) in [7, 11) is 0. The highest BCUT2D eigenvalue weighted by molar-refractivity contribution is 7.99. The maximum absolute atomic E-state index is 13.4. The highest BCUT2D eigenvalue weighted by Gasteiger charge is 2.31. The molecule has 0 amide bonds. The Morgan fingerprint density at radius 1 is 1.38 bits per heavy atom. The third kappa shape index (κ3) is 4.27. The first-order chi connectivity index (χ1) is 13.8. The number of thioether (sulfide) groups is 1. The minimum atomic E-state index is -1.04. The molecule has 2 aromatic rings. The summed E-state index contributed by atoms with van der Waals surface area (Å²) >= 11 is 1.20. The van der Waals surface area contributed by atoms with Crippen molar-refractivity contribution in [2.45, 2.75) is 51.2 Å². The molecule has 1 fully saturated rings. The molecule has 0 saturated heterocycles. The van der Waals surface area contributed by atoms with Crippen molar-refractivity contribution >= 4 is 34.2 Å². The number of hydrogen-bond donors (Lipinski definition) is 1. The van der Waals surface area contributed by atoms with Gasteiger partial charge in [-0.1, -0.05) is 50.6 Å². The molecule has 29 heavy (non-hydrogen) atoms. The average Bonchev–Trinajstić information content (AvgIpc) is 2.69. The Kier molecular flexibility index (Phi) is 6.53. The maximum atomic E-state index is 13.4. The van der Waals surface area contributed by atoms with E-state index in [1.54, 1.807) is 16.7 Å². The number of carbonyl (C=O) groups is 1. The molecule has 1 saturated carbocycles. The molecule has 4 atom stereocenters. The molecule has 1 N–H and O–H groups in total. The van der Waals surface area contributed by atoms with Crippen LogP contribution in [0, 0.1) is 34.5 Å². The third-order valence-corrected chi connectivity index (χ3v) is 6.97. The van der Waals surface area contributed by atoms with Crippen molar-refractivity contribution < 1.29 is 4.79 Å². The summed E-state index contributed by atoms with van der Waals surface area (Å²) in [5.41, 5.74) is 0.577. The van der Waals surface area contributed by atoms with Crippen molar-refractivity contribution in [3.63, 3.8) is 0 Å². The summed E-state index contributed by atoms with van der Waals surface area (Å²) in [6, 6.07) is 9.21. The lowest BCUT2D eigenvalue weighted by molar-refractivity contribution is -0.117. The fraction of sp³-hybridized carbons (Fsp3) is 0.500. The van der Waals surface area contributed by atoms with Gasteiger partial charge in [0.05, 0.1) is 22.7 Å². The molecule has 6 nitrogen and oxygen atoms in total. The molecule has 1 aromatic heterocycles. The first-order valence-corrected chi connectivity index (χ1v) is 10.9. The second-order valence-electron chi connectivity index (χ2n) is 7.92. The van der Waals surface area contributed by atoms with Crippen LogP contribution in [-0.2, 0) is 4.79 Å². The van der Waals surface area contributed by atoms with Crippen molar-refractivity contribution in [3.05, 3.63) is 34.6 Å². The number of ketones is 1. The number of benzene rings is 1. The van der Waals surface area contributed by atoms with Gasteiger partial charge in [-0.3, -0.25) is 14.2 Å². The monoisotopic (exact) mass is 410 g/mol. The van der Waals surface area contributed by atoms with Gasteiger partial charge < -0.3 is 5.41 Å². The van der Waals surface area contributed by atoms with Crippen LogP contribution < -0.4 is 5.56 Å². The van der Waals surface area contributed by atoms with Gasteiger partial charge in [-0.2, -0.15) is 5.26 Å². The van der Waals surface area contributed by atoms with E-state index in [2.05, 4.69) is 13.8 Å². The predicted octanol–water partition coefficient (Wildman–Crippen LogP) is 4.23. The zero-order chi connectivity index (χ0) is 21.1. The average molecular weight is 411 g/mol. The van der Waals surface area contributed by atoms with Crippen molar-refractivity contribution in [2.24, 2.45) is 17.8 Å². The van der Waals surface area contributed by atoms with Crippen LogP contribution >= 0.6 is 11.8 Å². The molecule has 7 heteroatoms. The van der Waals surface area contributed by atoms with Crippen LogP contribution in [0.1, 0.15) is 46.1 Å². The van der Waals surface area contributed by atoms with Crippen molar-refractivity contribution in [1.29, 1.82) is 10.7 Å². The minimum absolute atomic E-state index is 0.00980. The van der Waals surface area contributed by atoms with Crippen molar-refractivity contribution in [3.8, 4) is 6.07 Å². The van der Waals surface area contributed by atoms with Crippen LogP contribution in [0.4, 0.5) is 0 Å². The molecule has 1 aliphatic carbocycles. The Hall–Kier alpha value is -2.46. The Balaban J connectivity index is 2.03. The summed E-state index contributed by atoms with van der Waals surface area (Å²) in [6.07, 6.45) is 3.12. The standard InChI is InChI=1S/C22H26N4O2S/c1-13-7-6-10-19(14(13)2)26-21(28)16-8-4-5-9-18(16)25-22(26)29-12-20(27)17(11-23)15(3)24/h4-5,8-9,13-14,17,19,24H,6-7,10,12H2,1-3H3/t13-,14-,17+,19-/m1/s1. The number of carbonyl (C=O) groups excluding carboxylic acids is 1. The van der Waals surface area contributed by atoms with Crippen LogP contribution in [0.15, 0.2) is 34.2 Å². The number of rotatable bonds is 6. The number of aromatic nitrogens is 2. The third-order valence-electron chi connectivity index (χ3n) is 6.00. The summed E-state index contributed by atoms with van der Waals surface area (Å²) in [5, 5.41) is 17.9. The Morgan fingerprint density at radius 3 is 2.79 bits per heavy atom. The second kappa shape index (κ2) is 8.91. The Labute approximate surface area is 174 Å². The van der Waals surface area contributed by atoms with E-state index in [4.69, 9.17) is 10.4 Å². The molecule has 0 spiro atoms. The number of nitrogens with one attached hydrogen (secondary N) is 1. The van der Waals surface area contributed by atoms with E-state index in [0.29, 0.717) is 27.9 Å². The van der Waals surface area contributed by atoms with Crippen LogP contribution in [0.3, 0.4) is 0 Å². The van der Waals surface area contributed by atoms with Crippen LogP contribution in [0.25, 0.3) is 10.9 Å². The van der Waals surface area contributed by atoms with Gasteiger partial charge in [0, 0.05) is 11.8 Å². The van der Waals surface area contributed by atoms with Gasteiger partial charge in [-0.15, -0.1) is 0 Å². The predicted molar refractivity (Wildman–Crippen MR) is 115 cm³/mol. The topological polar surface area (TPSA) is 99.6 Å². The van der Waals surface area contributed by atoms with E-state index in [1.807, 2.05) is 18.2 Å². The van der Waals surface area contributed by atoms with E-state index in [0.717, 1.165) is 19.3 Å². The zero-order valence-corrected chi connectivity index (χ0v) is 17.8. The lowest BCUT2D eigenvalue weighted by Gasteiger charge is -2.36. The highest BCUT2D eigenvalue weighted by atomic mass is 32.2. The number of fused-ring (bicyclic) bond motifs is 1. The second-order valence-corrected chi connectivity index (χ2v) is 8.86. The summed E-state index contributed by atoms with van der Waals surface area (Å²) in [5.74, 6) is -0.526. The Morgan fingerprint density at radius 2 is 2.10 bits per heavy atom. The van der Waals surface area contributed by atoms with E-state index in [9.17, 15) is 14.9 Å². The first kappa shape index (κ1) is 21.3. The molecule has 0 unspecified atom stereocenters. The summed E-state index contributed by atoms with van der Waals surface area (Å²) in [4.78, 5) is 30.5. The highest BCUT2D eigenvalue weighted by Crippen LogP contribution is 2.38. The van der Waals surface area contributed by atoms with Gasteiger partial charge in [0.2, 0.25) is 0 Å². The lowest BCUT2D eigenvalue weighted by Crippen LogP contribution is -2.35. The van der Waals surface area contributed by atoms with Crippen LogP contribution in [0.5, 0.6) is 0 Å². The van der Waals surface area contributed by atoms with E-state index >= 15 is 0 Å². The number of nitrogens with zero attached hydrogens (tertiary/aromatic N) is 3. The number of nitriles is 1. The van der Waals surface area contributed by atoms with Crippen LogP contribution in [-0.4, -0.2) is 26.8 Å². The molecular weight excluding hydrogens is 384 g/mol. The summed E-state index contributed by atoms with van der Waals surface area (Å²) in [6.45, 7) is 5.86. The maximum Gasteiger partial charge on any atom is 0.262 e. The molecule has 1 aromatic carbocycles. The summed E-state index contributed by atoms with van der Waals surface area (Å²) < 4.78 is 1.78.